The molecule has 0 unspecified atom stereocenters. The molecule has 0 radical (unpaired) electrons. The van der Waals surface area contributed by atoms with Crippen LogP contribution in [0.15, 0.2) is 25.3 Å². The van der Waals surface area contributed by atoms with Gasteiger partial charge in [-0.1, -0.05) is 13.2 Å². The molecule has 0 aromatic rings. The van der Waals surface area contributed by atoms with Gasteiger partial charge >= 0.3 is 11.9 Å². The van der Waals surface area contributed by atoms with Crippen LogP contribution in [0.5, 0.6) is 0 Å². The van der Waals surface area contributed by atoms with Gasteiger partial charge in [0.15, 0.2) is 0 Å². The maximum atomic E-state index is 10.6. The summed E-state index contributed by atoms with van der Waals surface area (Å²) in [4.78, 5) is 22.9. The van der Waals surface area contributed by atoms with Crippen molar-refractivity contribution in [1.82, 2.24) is 10.2 Å². The second-order valence-corrected chi connectivity index (χ2v) is 5.72. The summed E-state index contributed by atoms with van der Waals surface area (Å²) in [7, 11) is 3.84. The van der Waals surface area contributed by atoms with Gasteiger partial charge in [0, 0.05) is 30.8 Å². The molecule has 0 aromatic carbocycles. The third kappa shape index (κ3) is 20.7. The summed E-state index contributed by atoms with van der Waals surface area (Å²) >= 11 is 0. The summed E-state index contributed by atoms with van der Waals surface area (Å²) in [6.07, 6.45) is 2.33. The van der Waals surface area contributed by atoms with Gasteiger partial charge in [-0.05, 0) is 34.9 Å². The highest BCUT2D eigenvalue weighted by Crippen LogP contribution is 1.96. The monoisotopic (exact) mass is 314 g/mol. The molecule has 0 aliphatic heterocycles. The van der Waals surface area contributed by atoms with E-state index in [1.807, 2.05) is 19.0 Å². The number of nitrogens with zero attached hydrogens (tertiary/aromatic N) is 1. The average Bonchev–Trinajstić information content (AvgIpc) is 2.42. The lowest BCUT2D eigenvalue weighted by atomic mass is 10.1. The zero-order valence-electron chi connectivity index (χ0n) is 14.5. The summed E-state index contributed by atoms with van der Waals surface area (Å²) in [5.74, 6) is -0.729. The Balaban J connectivity index is 0. The van der Waals surface area contributed by atoms with Crippen molar-refractivity contribution in [1.29, 1.82) is 0 Å². The molecule has 0 aliphatic rings. The van der Waals surface area contributed by atoms with E-state index in [1.54, 1.807) is 0 Å². The lowest BCUT2D eigenvalue weighted by Gasteiger charge is -2.19. The molecule has 22 heavy (non-hydrogen) atoms. The Hall–Kier alpha value is -1.66. The van der Waals surface area contributed by atoms with E-state index in [0.717, 1.165) is 18.7 Å². The Morgan fingerprint density at radius 2 is 1.50 bits per heavy atom. The standard InChI is InChI=1S/C9H17NO2.C7H13NO2/c1-5-8(11)12-7-6-10-9(2,3)4;1-4-7(9)10-6-5-8(2)3/h5,10H,1,6-7H2,2-4H3;4H,1,5-6H2,2-3H3. The molecule has 0 saturated heterocycles. The number of carbonyl (C=O) groups excluding carboxylic acids is 2. The van der Waals surface area contributed by atoms with Crippen LogP contribution >= 0.6 is 0 Å². The Morgan fingerprint density at radius 3 is 1.86 bits per heavy atom. The predicted molar refractivity (Wildman–Crippen MR) is 88.6 cm³/mol. The molecule has 128 valence electrons. The molecule has 0 aliphatic carbocycles. The van der Waals surface area contributed by atoms with E-state index >= 15 is 0 Å². The highest BCUT2D eigenvalue weighted by atomic mass is 16.5. The predicted octanol–water partition coefficient (Wildman–Crippen LogP) is 1.38. The molecule has 6 nitrogen and oxygen atoms in total. The topological polar surface area (TPSA) is 67.9 Å². The lowest BCUT2D eigenvalue weighted by molar-refractivity contribution is -0.138. The smallest absolute Gasteiger partial charge is 0.330 e. The van der Waals surface area contributed by atoms with E-state index in [4.69, 9.17) is 9.47 Å². The number of hydrogen-bond acceptors (Lipinski definition) is 6. The Kier molecular flexibility index (Phi) is 13.4. The Morgan fingerprint density at radius 1 is 1.05 bits per heavy atom. The summed E-state index contributed by atoms with van der Waals surface area (Å²) in [6, 6.07) is 0. The molecule has 0 amide bonds. The van der Waals surface area contributed by atoms with Crippen molar-refractivity contribution in [3.8, 4) is 0 Å². The van der Waals surface area contributed by atoms with E-state index in [-0.39, 0.29) is 17.5 Å². The van der Waals surface area contributed by atoms with E-state index in [1.165, 1.54) is 0 Å². The maximum absolute atomic E-state index is 10.6. The second-order valence-electron chi connectivity index (χ2n) is 5.72. The first-order chi connectivity index (χ1) is 10.1. The summed E-state index contributed by atoms with van der Waals surface area (Å²) in [6.45, 7) is 15.0. The quantitative estimate of drug-likeness (QED) is 0.415. The van der Waals surface area contributed by atoms with Crippen LogP contribution in [0.2, 0.25) is 0 Å². The second kappa shape index (κ2) is 13.0. The Labute approximate surface area is 134 Å². The summed E-state index contributed by atoms with van der Waals surface area (Å²) in [5, 5.41) is 3.19. The van der Waals surface area contributed by atoms with Crippen LogP contribution in [0.1, 0.15) is 20.8 Å². The third-order valence-electron chi connectivity index (χ3n) is 2.12. The van der Waals surface area contributed by atoms with Gasteiger partial charge in [0.05, 0.1) is 0 Å². The minimum atomic E-state index is -0.370. The van der Waals surface area contributed by atoms with Gasteiger partial charge in [0.2, 0.25) is 0 Å². The largest absolute Gasteiger partial charge is 0.461 e. The van der Waals surface area contributed by atoms with Crippen LogP contribution in [0.25, 0.3) is 0 Å². The lowest BCUT2D eigenvalue weighted by Crippen LogP contribution is -2.38. The van der Waals surface area contributed by atoms with Gasteiger partial charge in [0.25, 0.3) is 0 Å². The summed E-state index contributed by atoms with van der Waals surface area (Å²) in [5.41, 5.74) is 0.0700. The van der Waals surface area contributed by atoms with Crippen LogP contribution in [0, 0.1) is 0 Å². The Bertz CT molecular complexity index is 347. The van der Waals surface area contributed by atoms with E-state index in [2.05, 4.69) is 39.2 Å². The number of nitrogens with one attached hydrogen (secondary N) is 1. The van der Waals surface area contributed by atoms with E-state index in [0.29, 0.717) is 19.8 Å². The number of ether oxygens (including phenoxy) is 2. The van der Waals surface area contributed by atoms with E-state index in [9.17, 15) is 9.59 Å². The van der Waals surface area contributed by atoms with Gasteiger partial charge in [-0.3, -0.25) is 0 Å². The molecule has 6 heteroatoms. The molecule has 0 heterocycles. The van der Waals surface area contributed by atoms with Crippen LogP contribution in [-0.2, 0) is 19.1 Å². The van der Waals surface area contributed by atoms with Crippen molar-refractivity contribution >= 4 is 11.9 Å². The number of esters is 2. The molecule has 0 rings (SSSR count). The van der Waals surface area contributed by atoms with Gasteiger partial charge < -0.3 is 19.7 Å². The first-order valence-electron chi connectivity index (χ1n) is 7.10. The average molecular weight is 314 g/mol. The fraction of sp³-hybridized carbons (Fsp3) is 0.625. The number of likely N-dealkylation sites (N-methyl/N-ethyl adjacent to an activating group) is 1. The van der Waals surface area contributed by atoms with Crippen molar-refractivity contribution in [2.24, 2.45) is 0 Å². The van der Waals surface area contributed by atoms with Gasteiger partial charge in [-0.25, -0.2) is 9.59 Å². The first-order valence-corrected chi connectivity index (χ1v) is 7.10. The van der Waals surface area contributed by atoms with Crippen LogP contribution in [0.3, 0.4) is 0 Å². The van der Waals surface area contributed by atoms with Gasteiger partial charge in [0.1, 0.15) is 13.2 Å². The number of hydrogen-bond donors (Lipinski definition) is 1. The fourth-order valence-electron chi connectivity index (χ4n) is 1.02. The highest BCUT2D eigenvalue weighted by molar-refractivity contribution is 5.81. The van der Waals surface area contributed by atoms with Crippen molar-refractivity contribution in [3.63, 3.8) is 0 Å². The normalized spacial score (nSPS) is 10.3. The molecule has 0 fully saturated rings. The molecular weight excluding hydrogens is 284 g/mol. The van der Waals surface area contributed by atoms with Crippen molar-refractivity contribution in [2.75, 3.05) is 40.4 Å². The first kappa shape index (κ1) is 22.6. The number of rotatable bonds is 8. The maximum Gasteiger partial charge on any atom is 0.330 e. The van der Waals surface area contributed by atoms with Crippen molar-refractivity contribution < 1.29 is 19.1 Å². The van der Waals surface area contributed by atoms with Crippen LogP contribution in [0.4, 0.5) is 0 Å². The fourth-order valence-corrected chi connectivity index (χ4v) is 1.02. The molecule has 0 spiro atoms. The molecular formula is C16H30N2O4. The minimum absolute atomic E-state index is 0.0700. The van der Waals surface area contributed by atoms with Gasteiger partial charge in [-0.2, -0.15) is 0 Å². The van der Waals surface area contributed by atoms with E-state index < -0.39 is 0 Å². The zero-order valence-corrected chi connectivity index (χ0v) is 14.5. The summed E-state index contributed by atoms with van der Waals surface area (Å²) < 4.78 is 9.47. The van der Waals surface area contributed by atoms with Gasteiger partial charge in [-0.15, -0.1) is 0 Å². The highest BCUT2D eigenvalue weighted by Gasteiger charge is 2.07. The third-order valence-corrected chi connectivity index (χ3v) is 2.12. The molecule has 0 aromatic heterocycles. The molecule has 0 saturated carbocycles. The van der Waals surface area contributed by atoms with Crippen molar-refractivity contribution in [3.05, 3.63) is 25.3 Å². The zero-order chi connectivity index (χ0) is 17.6. The molecule has 0 atom stereocenters. The minimum Gasteiger partial charge on any atom is -0.461 e. The SMILES string of the molecule is C=CC(=O)OCCN(C)C.C=CC(=O)OCCNC(C)(C)C. The van der Waals surface area contributed by atoms with Crippen LogP contribution < -0.4 is 5.32 Å². The van der Waals surface area contributed by atoms with Crippen LogP contribution in [-0.4, -0.2) is 62.8 Å². The van der Waals surface area contributed by atoms with Crippen molar-refractivity contribution in [2.45, 2.75) is 26.3 Å². The molecule has 0 bridgehead atoms. The number of carbonyl (C=O) groups is 2. The molecule has 1 N–H and O–H groups in total.